The first-order valence-electron chi connectivity index (χ1n) is 11.2. The van der Waals surface area contributed by atoms with Crippen LogP contribution < -0.4 is 10.1 Å². The van der Waals surface area contributed by atoms with E-state index in [1.807, 2.05) is 19.1 Å². The smallest absolute Gasteiger partial charge is 0.294 e. The summed E-state index contributed by atoms with van der Waals surface area (Å²) in [7, 11) is 0. The summed E-state index contributed by atoms with van der Waals surface area (Å²) in [5, 5.41) is 2.19. The first-order chi connectivity index (χ1) is 17.3. The molecular formula is C25H24BrN3O6S. The van der Waals surface area contributed by atoms with E-state index >= 15 is 0 Å². The zero-order valence-electron chi connectivity index (χ0n) is 19.5. The van der Waals surface area contributed by atoms with Crippen molar-refractivity contribution in [3.05, 3.63) is 63.0 Å². The van der Waals surface area contributed by atoms with E-state index in [9.17, 15) is 19.2 Å². The number of anilines is 1. The van der Waals surface area contributed by atoms with Gasteiger partial charge in [0.15, 0.2) is 6.61 Å². The van der Waals surface area contributed by atoms with Gasteiger partial charge in [0, 0.05) is 18.8 Å². The van der Waals surface area contributed by atoms with Crippen molar-refractivity contribution in [2.75, 3.05) is 44.8 Å². The lowest BCUT2D eigenvalue weighted by atomic mass is 10.2. The third kappa shape index (κ3) is 6.54. The molecule has 0 unspecified atom stereocenters. The zero-order chi connectivity index (χ0) is 25.7. The maximum atomic E-state index is 12.8. The third-order valence-corrected chi connectivity index (χ3v) is 6.97. The number of benzene rings is 2. The highest BCUT2D eigenvalue weighted by atomic mass is 79.9. The molecular weight excluding hydrogens is 550 g/mol. The molecule has 2 fully saturated rings. The molecule has 0 spiro atoms. The molecule has 0 bridgehead atoms. The first-order valence-corrected chi connectivity index (χ1v) is 12.8. The fourth-order valence-corrected chi connectivity index (χ4v) is 4.97. The Morgan fingerprint density at radius 2 is 1.94 bits per heavy atom. The molecule has 0 radical (unpaired) electrons. The molecule has 1 N–H and O–H groups in total. The standard InChI is InChI=1S/C25H24BrN3O6S/c1-16-3-2-4-18(11-16)27-22(30)14-29-24(32)21(36-25(29)33)13-17-5-6-20(19(26)12-17)35-15-23(31)28-7-9-34-10-8-28/h2-6,11-13H,7-10,14-15H2,1H3,(H,27,30)/b21-13-. The number of nitrogens with zero attached hydrogens (tertiary/aromatic N) is 2. The van der Waals surface area contributed by atoms with Crippen LogP contribution in [0.5, 0.6) is 5.75 Å². The average molecular weight is 574 g/mol. The van der Waals surface area contributed by atoms with Crippen LogP contribution in [-0.2, 0) is 19.1 Å². The number of carbonyl (C=O) groups excluding carboxylic acids is 4. The molecule has 2 aromatic rings. The molecule has 188 valence electrons. The molecule has 0 atom stereocenters. The molecule has 2 aromatic carbocycles. The van der Waals surface area contributed by atoms with Crippen molar-refractivity contribution in [3.8, 4) is 5.75 Å². The molecule has 2 heterocycles. The number of rotatable bonds is 7. The van der Waals surface area contributed by atoms with Crippen molar-refractivity contribution in [3.63, 3.8) is 0 Å². The van der Waals surface area contributed by atoms with Gasteiger partial charge in [-0.1, -0.05) is 18.2 Å². The SMILES string of the molecule is Cc1cccc(NC(=O)CN2C(=O)S/C(=C\c3ccc(OCC(=O)N4CCOCC4)c(Br)c3)C2=O)c1. The van der Waals surface area contributed by atoms with Crippen LogP contribution in [0.15, 0.2) is 51.8 Å². The Kier molecular flexibility index (Phi) is 8.44. The lowest BCUT2D eigenvalue weighted by Gasteiger charge is -2.26. The first kappa shape index (κ1) is 25.9. The van der Waals surface area contributed by atoms with Crippen molar-refractivity contribution in [1.29, 1.82) is 0 Å². The van der Waals surface area contributed by atoms with Gasteiger partial charge in [-0.05, 0) is 76.1 Å². The Morgan fingerprint density at radius 3 is 2.67 bits per heavy atom. The quantitative estimate of drug-likeness (QED) is 0.504. The minimum atomic E-state index is -0.531. The number of thioether (sulfide) groups is 1. The zero-order valence-corrected chi connectivity index (χ0v) is 21.9. The van der Waals surface area contributed by atoms with E-state index in [2.05, 4.69) is 21.2 Å². The summed E-state index contributed by atoms with van der Waals surface area (Å²) in [5.74, 6) is -0.624. The molecule has 0 aliphatic carbocycles. The molecule has 0 saturated carbocycles. The van der Waals surface area contributed by atoms with Crippen LogP contribution in [-0.4, -0.2) is 72.2 Å². The molecule has 0 aromatic heterocycles. The highest BCUT2D eigenvalue weighted by molar-refractivity contribution is 9.10. The van der Waals surface area contributed by atoms with Crippen LogP contribution >= 0.6 is 27.7 Å². The normalized spacial score (nSPS) is 17.0. The van der Waals surface area contributed by atoms with E-state index in [4.69, 9.17) is 9.47 Å². The molecule has 2 aliphatic rings. The molecule has 11 heteroatoms. The van der Waals surface area contributed by atoms with Gasteiger partial charge < -0.3 is 19.7 Å². The van der Waals surface area contributed by atoms with Gasteiger partial charge in [-0.2, -0.15) is 0 Å². The minimum absolute atomic E-state index is 0.0958. The number of hydrogen-bond acceptors (Lipinski definition) is 7. The maximum absolute atomic E-state index is 12.8. The number of aryl methyl sites for hydroxylation is 1. The van der Waals surface area contributed by atoms with Crippen molar-refractivity contribution in [2.45, 2.75) is 6.92 Å². The largest absolute Gasteiger partial charge is 0.483 e. The average Bonchev–Trinajstić information content (AvgIpc) is 3.11. The summed E-state index contributed by atoms with van der Waals surface area (Å²) in [6, 6.07) is 12.4. The Labute approximate surface area is 220 Å². The summed E-state index contributed by atoms with van der Waals surface area (Å²) < 4.78 is 11.5. The third-order valence-electron chi connectivity index (χ3n) is 5.45. The van der Waals surface area contributed by atoms with E-state index in [1.54, 1.807) is 41.3 Å². The van der Waals surface area contributed by atoms with Gasteiger partial charge in [0.2, 0.25) is 5.91 Å². The number of carbonyl (C=O) groups is 4. The van der Waals surface area contributed by atoms with Gasteiger partial charge in [0.05, 0.1) is 22.6 Å². The summed E-state index contributed by atoms with van der Waals surface area (Å²) in [4.78, 5) is 52.7. The Hall–Kier alpha value is -3.15. The van der Waals surface area contributed by atoms with Gasteiger partial charge in [0.1, 0.15) is 12.3 Å². The summed E-state index contributed by atoms with van der Waals surface area (Å²) in [6.07, 6.45) is 1.58. The Balaban J connectivity index is 1.36. The van der Waals surface area contributed by atoms with Crippen LogP contribution in [0.2, 0.25) is 0 Å². The monoisotopic (exact) mass is 573 g/mol. The van der Waals surface area contributed by atoms with Crippen LogP contribution in [0, 0.1) is 6.92 Å². The molecule has 2 saturated heterocycles. The van der Waals surface area contributed by atoms with Crippen molar-refractivity contribution >= 4 is 62.4 Å². The van der Waals surface area contributed by atoms with E-state index < -0.39 is 17.1 Å². The minimum Gasteiger partial charge on any atom is -0.483 e. The number of nitrogens with one attached hydrogen (secondary N) is 1. The number of halogens is 1. The van der Waals surface area contributed by atoms with Crippen molar-refractivity contribution in [1.82, 2.24) is 9.80 Å². The summed E-state index contributed by atoms with van der Waals surface area (Å²) >= 11 is 4.21. The van der Waals surface area contributed by atoms with E-state index in [0.717, 1.165) is 22.2 Å². The van der Waals surface area contributed by atoms with Gasteiger partial charge in [-0.3, -0.25) is 24.1 Å². The topological polar surface area (TPSA) is 105 Å². The number of morpholine rings is 1. The second-order valence-electron chi connectivity index (χ2n) is 8.16. The van der Waals surface area contributed by atoms with Gasteiger partial charge in [-0.15, -0.1) is 0 Å². The Morgan fingerprint density at radius 1 is 1.17 bits per heavy atom. The van der Waals surface area contributed by atoms with E-state index in [1.165, 1.54) is 0 Å². The van der Waals surface area contributed by atoms with Crippen LogP contribution in [0.3, 0.4) is 0 Å². The highest BCUT2D eigenvalue weighted by Crippen LogP contribution is 2.34. The van der Waals surface area contributed by atoms with Gasteiger partial charge in [0.25, 0.3) is 17.1 Å². The number of ether oxygens (including phenoxy) is 2. The molecule has 36 heavy (non-hydrogen) atoms. The van der Waals surface area contributed by atoms with Crippen LogP contribution in [0.25, 0.3) is 6.08 Å². The predicted octanol–water partition coefficient (Wildman–Crippen LogP) is 3.67. The van der Waals surface area contributed by atoms with Crippen molar-refractivity contribution in [2.24, 2.45) is 0 Å². The number of hydrogen-bond donors (Lipinski definition) is 1. The fourth-order valence-electron chi connectivity index (χ4n) is 3.62. The van der Waals surface area contributed by atoms with Gasteiger partial charge in [-0.25, -0.2) is 0 Å². The number of amides is 4. The fraction of sp³-hybridized carbons (Fsp3) is 0.280. The van der Waals surface area contributed by atoms with Crippen molar-refractivity contribution < 1.29 is 28.7 Å². The molecule has 4 rings (SSSR count). The lowest BCUT2D eigenvalue weighted by molar-refractivity contribution is -0.137. The second-order valence-corrected chi connectivity index (χ2v) is 10.0. The highest BCUT2D eigenvalue weighted by Gasteiger charge is 2.36. The molecule has 2 aliphatic heterocycles. The van der Waals surface area contributed by atoms with E-state index in [0.29, 0.717) is 47.8 Å². The summed E-state index contributed by atoms with van der Waals surface area (Å²) in [6.45, 7) is 3.57. The Bertz CT molecular complexity index is 1230. The van der Waals surface area contributed by atoms with Crippen LogP contribution in [0.1, 0.15) is 11.1 Å². The molecule has 4 amide bonds. The van der Waals surface area contributed by atoms with Crippen LogP contribution in [0.4, 0.5) is 10.5 Å². The van der Waals surface area contributed by atoms with Gasteiger partial charge >= 0.3 is 0 Å². The maximum Gasteiger partial charge on any atom is 0.294 e. The lowest BCUT2D eigenvalue weighted by Crippen LogP contribution is -2.43. The summed E-state index contributed by atoms with van der Waals surface area (Å²) in [5.41, 5.74) is 2.23. The molecule has 9 nitrogen and oxygen atoms in total. The predicted molar refractivity (Wildman–Crippen MR) is 140 cm³/mol. The second kappa shape index (κ2) is 11.7. The van der Waals surface area contributed by atoms with E-state index in [-0.39, 0.29) is 24.0 Å². The number of imide groups is 1.